The molecule has 0 saturated carbocycles. The van der Waals surface area contributed by atoms with Crippen LogP contribution in [0.5, 0.6) is 0 Å². The van der Waals surface area contributed by atoms with Crippen molar-refractivity contribution in [3.05, 3.63) is 107 Å². The lowest BCUT2D eigenvalue weighted by molar-refractivity contribution is -0.140. The topological polar surface area (TPSA) is 49.4 Å². The zero-order valence-corrected chi connectivity index (χ0v) is 18.4. The van der Waals surface area contributed by atoms with E-state index in [9.17, 15) is 9.59 Å². The second kappa shape index (κ2) is 11.3. The fourth-order valence-electron chi connectivity index (χ4n) is 3.34. The zero-order valence-electron chi connectivity index (χ0n) is 17.6. The first-order chi connectivity index (χ1) is 15.0. The van der Waals surface area contributed by atoms with Gasteiger partial charge in [-0.2, -0.15) is 0 Å². The second-order valence-corrected chi connectivity index (χ2v) is 7.95. The second-order valence-electron chi connectivity index (χ2n) is 7.51. The number of benzene rings is 3. The van der Waals surface area contributed by atoms with Gasteiger partial charge < -0.3 is 10.2 Å². The van der Waals surface area contributed by atoms with E-state index in [-0.39, 0.29) is 11.8 Å². The van der Waals surface area contributed by atoms with Crippen molar-refractivity contribution in [2.24, 2.45) is 0 Å². The van der Waals surface area contributed by atoms with Crippen LogP contribution < -0.4 is 5.32 Å². The summed E-state index contributed by atoms with van der Waals surface area (Å²) < 4.78 is 0. The standard InChI is InChI=1S/C26H27ClN2O2/c1-20(26(31)28-18-22-10-6-3-7-11-22)29(19-23-12-15-24(27)16-13-23)25(30)17-14-21-8-4-2-5-9-21/h2-13,15-16,20H,14,17-19H2,1H3,(H,28,31). The first kappa shape index (κ1) is 22.6. The highest BCUT2D eigenvalue weighted by molar-refractivity contribution is 6.30. The summed E-state index contributed by atoms with van der Waals surface area (Å²) in [5, 5.41) is 3.59. The van der Waals surface area contributed by atoms with E-state index in [1.165, 1.54) is 0 Å². The number of nitrogens with zero attached hydrogens (tertiary/aromatic N) is 1. The van der Waals surface area contributed by atoms with E-state index in [0.717, 1.165) is 16.7 Å². The Kier molecular flexibility index (Phi) is 8.25. The Labute approximate surface area is 188 Å². The summed E-state index contributed by atoms with van der Waals surface area (Å²) in [6, 6.07) is 26.4. The van der Waals surface area contributed by atoms with Crippen LogP contribution in [0.2, 0.25) is 5.02 Å². The molecule has 1 N–H and O–H groups in total. The molecule has 1 unspecified atom stereocenters. The van der Waals surface area contributed by atoms with Crippen LogP contribution in [-0.4, -0.2) is 22.8 Å². The lowest BCUT2D eigenvalue weighted by Gasteiger charge is -2.29. The molecular weight excluding hydrogens is 408 g/mol. The minimum atomic E-state index is -0.595. The number of nitrogens with one attached hydrogen (secondary N) is 1. The molecule has 0 aliphatic carbocycles. The number of hydrogen-bond donors (Lipinski definition) is 1. The van der Waals surface area contributed by atoms with Crippen LogP contribution in [0.3, 0.4) is 0 Å². The van der Waals surface area contributed by atoms with Crippen LogP contribution in [-0.2, 0) is 29.1 Å². The van der Waals surface area contributed by atoms with Crippen LogP contribution in [0.15, 0.2) is 84.9 Å². The van der Waals surface area contributed by atoms with E-state index < -0.39 is 6.04 Å². The van der Waals surface area contributed by atoms with E-state index in [2.05, 4.69) is 5.32 Å². The van der Waals surface area contributed by atoms with Gasteiger partial charge in [0.1, 0.15) is 6.04 Å². The summed E-state index contributed by atoms with van der Waals surface area (Å²) in [5.74, 6) is -0.230. The summed E-state index contributed by atoms with van der Waals surface area (Å²) in [6.45, 7) is 2.55. The number of carbonyl (C=O) groups is 2. The van der Waals surface area contributed by atoms with Crippen molar-refractivity contribution in [1.82, 2.24) is 10.2 Å². The third-order valence-electron chi connectivity index (χ3n) is 5.21. The fraction of sp³-hybridized carbons (Fsp3) is 0.231. The lowest BCUT2D eigenvalue weighted by atomic mass is 10.1. The molecule has 0 spiro atoms. The summed E-state index contributed by atoms with van der Waals surface area (Å²) >= 11 is 6.00. The van der Waals surface area contributed by atoms with Gasteiger partial charge in [-0.3, -0.25) is 9.59 Å². The number of amides is 2. The maximum Gasteiger partial charge on any atom is 0.242 e. The molecule has 0 aromatic heterocycles. The molecule has 0 aliphatic heterocycles. The predicted octanol–water partition coefficient (Wildman–Crippen LogP) is 5.01. The molecule has 2 amide bonds. The van der Waals surface area contributed by atoms with Gasteiger partial charge in [0, 0.05) is 24.5 Å². The van der Waals surface area contributed by atoms with Crippen molar-refractivity contribution >= 4 is 23.4 Å². The summed E-state index contributed by atoms with van der Waals surface area (Å²) in [7, 11) is 0. The molecule has 160 valence electrons. The molecule has 0 bridgehead atoms. The zero-order chi connectivity index (χ0) is 22.1. The maximum absolute atomic E-state index is 13.1. The molecule has 1 atom stereocenters. The highest BCUT2D eigenvalue weighted by Gasteiger charge is 2.25. The Hall–Kier alpha value is -3.11. The molecule has 0 fully saturated rings. The van der Waals surface area contributed by atoms with E-state index in [1.807, 2.05) is 72.8 Å². The van der Waals surface area contributed by atoms with Crippen LogP contribution in [0, 0.1) is 0 Å². The number of halogens is 1. The molecule has 0 saturated heterocycles. The van der Waals surface area contributed by atoms with Crippen molar-refractivity contribution in [2.75, 3.05) is 0 Å². The number of aryl methyl sites for hydroxylation is 1. The Morgan fingerprint density at radius 3 is 2.03 bits per heavy atom. The Morgan fingerprint density at radius 1 is 0.839 bits per heavy atom. The van der Waals surface area contributed by atoms with E-state index in [4.69, 9.17) is 11.6 Å². The number of carbonyl (C=O) groups excluding carboxylic acids is 2. The quantitative estimate of drug-likeness (QED) is 0.514. The van der Waals surface area contributed by atoms with Crippen molar-refractivity contribution in [3.8, 4) is 0 Å². The normalized spacial score (nSPS) is 11.5. The van der Waals surface area contributed by atoms with Gasteiger partial charge in [0.25, 0.3) is 0 Å². The lowest BCUT2D eigenvalue weighted by Crippen LogP contribution is -2.47. The van der Waals surface area contributed by atoms with Gasteiger partial charge in [-0.1, -0.05) is 84.4 Å². The first-order valence-electron chi connectivity index (χ1n) is 10.4. The molecule has 3 aromatic rings. The van der Waals surface area contributed by atoms with Crippen molar-refractivity contribution < 1.29 is 9.59 Å². The van der Waals surface area contributed by atoms with Gasteiger partial charge in [-0.15, -0.1) is 0 Å². The molecule has 4 nitrogen and oxygen atoms in total. The average molecular weight is 435 g/mol. The largest absolute Gasteiger partial charge is 0.350 e. The maximum atomic E-state index is 13.1. The molecule has 0 radical (unpaired) electrons. The third-order valence-corrected chi connectivity index (χ3v) is 5.47. The van der Waals surface area contributed by atoms with Crippen molar-refractivity contribution in [3.63, 3.8) is 0 Å². The Morgan fingerprint density at radius 2 is 1.42 bits per heavy atom. The molecule has 5 heteroatoms. The highest BCUT2D eigenvalue weighted by Crippen LogP contribution is 2.15. The highest BCUT2D eigenvalue weighted by atomic mass is 35.5. The minimum absolute atomic E-state index is 0.0545. The SMILES string of the molecule is CC(C(=O)NCc1ccccc1)N(Cc1ccc(Cl)cc1)C(=O)CCc1ccccc1. The first-order valence-corrected chi connectivity index (χ1v) is 10.8. The molecule has 0 aliphatic rings. The Bertz CT molecular complexity index is 975. The van der Waals surface area contributed by atoms with Crippen molar-refractivity contribution in [2.45, 2.75) is 38.9 Å². The van der Waals surface area contributed by atoms with Crippen LogP contribution in [0.1, 0.15) is 30.0 Å². The Balaban J connectivity index is 1.69. The van der Waals surface area contributed by atoms with Gasteiger partial charge in [0.15, 0.2) is 0 Å². The monoisotopic (exact) mass is 434 g/mol. The predicted molar refractivity (Wildman–Crippen MR) is 125 cm³/mol. The summed E-state index contributed by atoms with van der Waals surface area (Å²) in [5.41, 5.74) is 3.05. The van der Waals surface area contributed by atoms with Crippen LogP contribution in [0.25, 0.3) is 0 Å². The van der Waals surface area contributed by atoms with E-state index >= 15 is 0 Å². The van der Waals surface area contributed by atoms with E-state index in [0.29, 0.717) is 31.0 Å². The molecule has 0 heterocycles. The molecule has 31 heavy (non-hydrogen) atoms. The van der Waals surface area contributed by atoms with Crippen LogP contribution in [0.4, 0.5) is 0 Å². The summed E-state index contributed by atoms with van der Waals surface area (Å²) in [4.78, 5) is 27.6. The molecular formula is C26H27ClN2O2. The molecule has 3 aromatic carbocycles. The van der Waals surface area contributed by atoms with Gasteiger partial charge in [0.05, 0.1) is 0 Å². The van der Waals surface area contributed by atoms with Gasteiger partial charge in [-0.25, -0.2) is 0 Å². The third kappa shape index (κ3) is 6.97. The molecule has 3 rings (SSSR count). The van der Waals surface area contributed by atoms with Gasteiger partial charge >= 0.3 is 0 Å². The summed E-state index contributed by atoms with van der Waals surface area (Å²) in [6.07, 6.45) is 0.975. The average Bonchev–Trinajstić information content (AvgIpc) is 2.81. The minimum Gasteiger partial charge on any atom is -0.350 e. The van der Waals surface area contributed by atoms with Crippen LogP contribution >= 0.6 is 11.6 Å². The van der Waals surface area contributed by atoms with Crippen molar-refractivity contribution in [1.29, 1.82) is 0 Å². The number of hydrogen-bond acceptors (Lipinski definition) is 2. The van der Waals surface area contributed by atoms with Gasteiger partial charge in [0.2, 0.25) is 11.8 Å². The fourth-order valence-corrected chi connectivity index (χ4v) is 3.47. The van der Waals surface area contributed by atoms with Gasteiger partial charge in [-0.05, 0) is 42.2 Å². The number of rotatable bonds is 9. The smallest absolute Gasteiger partial charge is 0.242 e. The van der Waals surface area contributed by atoms with E-state index in [1.54, 1.807) is 24.0 Å².